The van der Waals surface area contributed by atoms with Crippen LogP contribution in [0.1, 0.15) is 43.8 Å². The molecule has 0 saturated heterocycles. The van der Waals surface area contributed by atoms with Crippen LogP contribution in [0.4, 0.5) is 4.79 Å². The van der Waals surface area contributed by atoms with E-state index < -0.39 is 17.8 Å². The van der Waals surface area contributed by atoms with Crippen molar-refractivity contribution in [3.8, 4) is 0 Å². The van der Waals surface area contributed by atoms with Crippen LogP contribution in [0.3, 0.4) is 0 Å². The number of ether oxygens (including phenoxy) is 2. The van der Waals surface area contributed by atoms with Crippen molar-refractivity contribution in [3.63, 3.8) is 0 Å². The third-order valence-electron chi connectivity index (χ3n) is 3.17. The molecule has 0 aliphatic carbocycles. The lowest BCUT2D eigenvalue weighted by atomic mass is 10.0. The predicted octanol–water partition coefficient (Wildman–Crippen LogP) is 1.84. The van der Waals surface area contributed by atoms with Gasteiger partial charge >= 0.3 is 6.09 Å². The molecule has 1 aromatic rings. The first-order valence-electron chi connectivity index (χ1n) is 7.00. The SMILES string of the molecule is COC(=N)c1ccc2c(n1)C(O)CN(C(=O)OC(C)(C)C)C2. The van der Waals surface area contributed by atoms with Crippen LogP contribution in [0, 0.1) is 5.41 Å². The summed E-state index contributed by atoms with van der Waals surface area (Å²) in [7, 11) is 1.39. The molecule has 1 aromatic heterocycles. The number of rotatable bonds is 1. The van der Waals surface area contributed by atoms with Gasteiger partial charge in [-0.2, -0.15) is 0 Å². The summed E-state index contributed by atoms with van der Waals surface area (Å²) in [5.41, 5.74) is 0.972. The summed E-state index contributed by atoms with van der Waals surface area (Å²) in [6.45, 7) is 5.81. The Morgan fingerprint density at radius 2 is 2.14 bits per heavy atom. The van der Waals surface area contributed by atoms with Crippen molar-refractivity contribution in [2.75, 3.05) is 13.7 Å². The molecular formula is C15H21N3O4. The Balaban J connectivity index is 2.21. The van der Waals surface area contributed by atoms with Gasteiger partial charge in [-0.3, -0.25) is 5.41 Å². The van der Waals surface area contributed by atoms with Crippen LogP contribution in [0.2, 0.25) is 0 Å². The van der Waals surface area contributed by atoms with E-state index in [1.807, 2.05) is 0 Å². The summed E-state index contributed by atoms with van der Waals surface area (Å²) < 4.78 is 10.2. The highest BCUT2D eigenvalue weighted by molar-refractivity contribution is 5.89. The van der Waals surface area contributed by atoms with Gasteiger partial charge in [0.15, 0.2) is 0 Å². The van der Waals surface area contributed by atoms with E-state index in [2.05, 4.69) is 4.98 Å². The fraction of sp³-hybridized carbons (Fsp3) is 0.533. The van der Waals surface area contributed by atoms with Crippen LogP contribution in [0.25, 0.3) is 0 Å². The lowest BCUT2D eigenvalue weighted by Gasteiger charge is -2.33. The van der Waals surface area contributed by atoms with Crippen LogP contribution in [0.5, 0.6) is 0 Å². The van der Waals surface area contributed by atoms with E-state index >= 15 is 0 Å². The normalized spacial score (nSPS) is 17.7. The quantitative estimate of drug-likeness (QED) is 0.609. The number of nitrogens with one attached hydrogen (secondary N) is 1. The van der Waals surface area contributed by atoms with Gasteiger partial charge in [0.2, 0.25) is 5.90 Å². The number of aromatic nitrogens is 1. The molecule has 120 valence electrons. The summed E-state index contributed by atoms with van der Waals surface area (Å²) in [6, 6.07) is 3.38. The van der Waals surface area contributed by atoms with Crippen LogP contribution < -0.4 is 0 Å². The Kier molecular flexibility index (Phi) is 4.37. The number of carbonyl (C=O) groups excluding carboxylic acids is 1. The average molecular weight is 307 g/mol. The van der Waals surface area contributed by atoms with E-state index in [9.17, 15) is 9.90 Å². The molecular weight excluding hydrogens is 286 g/mol. The highest BCUT2D eigenvalue weighted by Crippen LogP contribution is 2.26. The maximum atomic E-state index is 12.1. The van der Waals surface area contributed by atoms with E-state index in [0.29, 0.717) is 17.9 Å². The fourth-order valence-corrected chi connectivity index (χ4v) is 2.19. The Labute approximate surface area is 129 Å². The Bertz CT molecular complexity index is 595. The van der Waals surface area contributed by atoms with Crippen molar-refractivity contribution >= 4 is 12.0 Å². The Morgan fingerprint density at radius 1 is 1.45 bits per heavy atom. The lowest BCUT2D eigenvalue weighted by molar-refractivity contribution is 0.00755. The number of pyridine rings is 1. The van der Waals surface area contributed by atoms with Gasteiger partial charge in [-0.25, -0.2) is 9.78 Å². The van der Waals surface area contributed by atoms with E-state index in [1.54, 1.807) is 32.9 Å². The number of β-amino-alcohol motifs (C(OH)–C–C–N with tert-alkyl or cyclic N) is 1. The molecule has 2 N–H and O–H groups in total. The third-order valence-corrected chi connectivity index (χ3v) is 3.17. The van der Waals surface area contributed by atoms with E-state index in [-0.39, 0.29) is 12.4 Å². The molecule has 2 rings (SSSR count). The number of aliphatic hydroxyl groups excluding tert-OH is 1. The fourth-order valence-electron chi connectivity index (χ4n) is 2.19. The summed E-state index contributed by atoms with van der Waals surface area (Å²) in [4.78, 5) is 17.8. The van der Waals surface area contributed by atoms with Crippen molar-refractivity contribution in [1.29, 1.82) is 5.41 Å². The first-order chi connectivity index (χ1) is 10.2. The van der Waals surface area contributed by atoms with Gasteiger partial charge in [-0.05, 0) is 32.4 Å². The molecule has 0 fully saturated rings. The van der Waals surface area contributed by atoms with E-state index in [1.165, 1.54) is 12.0 Å². The Morgan fingerprint density at radius 3 is 2.73 bits per heavy atom. The molecule has 7 nitrogen and oxygen atoms in total. The number of aliphatic hydroxyl groups is 1. The van der Waals surface area contributed by atoms with Gasteiger partial charge in [0, 0.05) is 0 Å². The van der Waals surface area contributed by atoms with E-state index in [4.69, 9.17) is 14.9 Å². The number of hydrogen-bond acceptors (Lipinski definition) is 6. The Hall–Kier alpha value is -2.15. The first-order valence-corrected chi connectivity index (χ1v) is 7.00. The summed E-state index contributed by atoms with van der Waals surface area (Å²) in [6.07, 6.45) is -1.38. The van der Waals surface area contributed by atoms with Gasteiger partial charge < -0.3 is 19.5 Å². The topological polar surface area (TPSA) is 95.7 Å². The number of amides is 1. The molecule has 0 bridgehead atoms. The molecule has 1 aliphatic heterocycles. The van der Waals surface area contributed by atoms with Gasteiger partial charge in [-0.1, -0.05) is 6.07 Å². The molecule has 0 saturated carbocycles. The lowest BCUT2D eigenvalue weighted by Crippen LogP contribution is -2.42. The zero-order valence-corrected chi connectivity index (χ0v) is 13.2. The van der Waals surface area contributed by atoms with Crippen molar-refractivity contribution in [2.24, 2.45) is 0 Å². The highest BCUT2D eigenvalue weighted by atomic mass is 16.6. The maximum Gasteiger partial charge on any atom is 0.410 e. The van der Waals surface area contributed by atoms with Crippen molar-refractivity contribution in [2.45, 2.75) is 39.0 Å². The first kappa shape index (κ1) is 16.2. The number of nitrogens with zero attached hydrogens (tertiary/aromatic N) is 2. The summed E-state index contributed by atoms with van der Waals surface area (Å²) in [5, 5.41) is 17.9. The van der Waals surface area contributed by atoms with Crippen LogP contribution in [-0.4, -0.2) is 46.2 Å². The van der Waals surface area contributed by atoms with Crippen LogP contribution in [0.15, 0.2) is 12.1 Å². The van der Waals surface area contributed by atoms with Crippen LogP contribution in [-0.2, 0) is 16.0 Å². The smallest absolute Gasteiger partial charge is 0.410 e. The second-order valence-electron chi connectivity index (χ2n) is 6.15. The maximum absolute atomic E-state index is 12.1. The van der Waals surface area contributed by atoms with Gasteiger partial charge in [0.05, 0.1) is 25.9 Å². The minimum Gasteiger partial charge on any atom is -0.480 e. The van der Waals surface area contributed by atoms with Gasteiger partial charge in [-0.15, -0.1) is 0 Å². The average Bonchev–Trinajstić information content (AvgIpc) is 2.44. The molecule has 0 spiro atoms. The number of fused-ring (bicyclic) bond motifs is 1. The summed E-state index contributed by atoms with van der Waals surface area (Å²) in [5.74, 6) is -0.0652. The second kappa shape index (κ2) is 5.92. The molecule has 1 amide bonds. The number of hydrogen-bond donors (Lipinski definition) is 2. The molecule has 0 aromatic carbocycles. The molecule has 1 aliphatic rings. The highest BCUT2D eigenvalue weighted by Gasteiger charge is 2.31. The van der Waals surface area contributed by atoms with Crippen molar-refractivity contribution < 1.29 is 19.4 Å². The minimum absolute atomic E-state index is 0.0652. The molecule has 1 atom stereocenters. The van der Waals surface area contributed by atoms with Gasteiger partial charge in [0.25, 0.3) is 0 Å². The third kappa shape index (κ3) is 3.54. The molecule has 0 radical (unpaired) electrons. The molecule has 7 heteroatoms. The summed E-state index contributed by atoms with van der Waals surface area (Å²) >= 11 is 0. The minimum atomic E-state index is -0.916. The number of methoxy groups -OCH3 is 1. The van der Waals surface area contributed by atoms with E-state index in [0.717, 1.165) is 5.56 Å². The van der Waals surface area contributed by atoms with Crippen molar-refractivity contribution in [3.05, 3.63) is 29.1 Å². The zero-order chi connectivity index (χ0) is 16.5. The van der Waals surface area contributed by atoms with Gasteiger partial charge in [0.1, 0.15) is 17.4 Å². The monoisotopic (exact) mass is 307 g/mol. The number of carbonyl (C=O) groups is 1. The molecule has 2 heterocycles. The standard InChI is InChI=1S/C15H21N3O4/c1-15(2,3)22-14(20)18-7-9-5-6-10(13(16)21-4)17-12(9)11(19)8-18/h5-6,11,16,19H,7-8H2,1-4H3. The van der Waals surface area contributed by atoms with Crippen molar-refractivity contribution in [1.82, 2.24) is 9.88 Å². The van der Waals surface area contributed by atoms with Crippen LogP contribution >= 0.6 is 0 Å². The second-order valence-corrected chi connectivity index (χ2v) is 6.15. The predicted molar refractivity (Wildman–Crippen MR) is 79.7 cm³/mol. The largest absolute Gasteiger partial charge is 0.480 e. The molecule has 1 unspecified atom stereocenters. The zero-order valence-electron chi connectivity index (χ0n) is 13.2. The molecule has 22 heavy (non-hydrogen) atoms.